The molecule has 0 bridgehead atoms. The van der Waals surface area contributed by atoms with E-state index in [9.17, 15) is 0 Å². The molecule has 0 amide bonds. The van der Waals surface area contributed by atoms with E-state index in [1.54, 1.807) is 12.1 Å². The van der Waals surface area contributed by atoms with Crippen molar-refractivity contribution in [1.82, 2.24) is 5.16 Å². The minimum Gasteiger partial charge on any atom is -0.394 e. The quantitative estimate of drug-likeness (QED) is 0.759. The second-order valence-corrected chi connectivity index (χ2v) is 3.06. The summed E-state index contributed by atoms with van der Waals surface area (Å²) in [7, 11) is 0. The van der Waals surface area contributed by atoms with Gasteiger partial charge in [0, 0.05) is 10.6 Å². The van der Waals surface area contributed by atoms with Crippen LogP contribution in [-0.2, 0) is 0 Å². The maximum Gasteiger partial charge on any atom is 0.147 e. The number of nitrogen functional groups attached to an aromatic ring is 1. The fourth-order valence-corrected chi connectivity index (χ4v) is 1.20. The van der Waals surface area contributed by atoms with Crippen molar-refractivity contribution in [1.29, 1.82) is 0 Å². The molecule has 0 saturated heterocycles. The van der Waals surface area contributed by atoms with E-state index in [-0.39, 0.29) is 0 Å². The van der Waals surface area contributed by atoms with Gasteiger partial charge in [-0.25, -0.2) is 0 Å². The normalized spacial score (nSPS) is 10.2. The Morgan fingerprint density at radius 3 is 2.46 bits per heavy atom. The van der Waals surface area contributed by atoms with E-state index in [0.29, 0.717) is 16.4 Å². The Kier molecular flexibility index (Phi) is 1.94. The summed E-state index contributed by atoms with van der Waals surface area (Å²) in [5.41, 5.74) is 7.70. The number of hydrogen-bond acceptors (Lipinski definition) is 3. The zero-order valence-electron chi connectivity index (χ0n) is 6.70. The number of nitrogens with zero attached hydrogens (tertiary/aromatic N) is 1. The van der Waals surface area contributed by atoms with E-state index in [1.165, 1.54) is 6.26 Å². The molecule has 2 rings (SSSR count). The van der Waals surface area contributed by atoms with Gasteiger partial charge in [-0.2, -0.15) is 0 Å². The molecule has 2 N–H and O–H groups in total. The first-order valence-electron chi connectivity index (χ1n) is 3.73. The van der Waals surface area contributed by atoms with Crippen LogP contribution in [0, 0.1) is 0 Å². The zero-order chi connectivity index (χ0) is 9.26. The lowest BCUT2D eigenvalue weighted by Crippen LogP contribution is -1.85. The molecule has 0 fully saturated rings. The van der Waals surface area contributed by atoms with Gasteiger partial charge < -0.3 is 10.3 Å². The lowest BCUT2D eigenvalue weighted by atomic mass is 10.1. The lowest BCUT2D eigenvalue weighted by molar-refractivity contribution is 0.423. The van der Waals surface area contributed by atoms with Gasteiger partial charge in [0.1, 0.15) is 17.6 Å². The first-order valence-corrected chi connectivity index (χ1v) is 4.11. The summed E-state index contributed by atoms with van der Waals surface area (Å²) in [6.07, 6.45) is 1.41. The van der Waals surface area contributed by atoms with Crippen molar-refractivity contribution in [2.24, 2.45) is 0 Å². The first kappa shape index (κ1) is 8.13. The number of rotatable bonds is 1. The van der Waals surface area contributed by atoms with E-state index >= 15 is 0 Å². The Hall–Kier alpha value is -1.48. The van der Waals surface area contributed by atoms with Gasteiger partial charge in [0.15, 0.2) is 0 Å². The number of nitrogens with two attached hydrogens (primary N) is 1. The van der Waals surface area contributed by atoms with Crippen LogP contribution in [-0.4, -0.2) is 5.16 Å². The highest BCUT2D eigenvalue weighted by Crippen LogP contribution is 2.24. The van der Waals surface area contributed by atoms with Gasteiger partial charge in [-0.05, 0) is 12.1 Å². The van der Waals surface area contributed by atoms with Gasteiger partial charge >= 0.3 is 0 Å². The lowest BCUT2D eigenvalue weighted by Gasteiger charge is -1.96. The highest BCUT2D eigenvalue weighted by molar-refractivity contribution is 6.30. The topological polar surface area (TPSA) is 52.0 Å². The maximum absolute atomic E-state index is 5.74. The fraction of sp³-hybridized carbons (Fsp3) is 0. The highest BCUT2D eigenvalue weighted by atomic mass is 35.5. The van der Waals surface area contributed by atoms with Gasteiger partial charge in [-0.1, -0.05) is 28.9 Å². The predicted octanol–water partition coefficient (Wildman–Crippen LogP) is 2.58. The summed E-state index contributed by atoms with van der Waals surface area (Å²) < 4.78 is 4.72. The molecule has 0 aliphatic rings. The third kappa shape index (κ3) is 1.51. The molecular formula is C9H7ClN2O. The predicted molar refractivity (Wildman–Crippen MR) is 51.4 cm³/mol. The van der Waals surface area contributed by atoms with E-state index in [2.05, 4.69) is 5.16 Å². The largest absolute Gasteiger partial charge is 0.394 e. The molecule has 66 valence electrons. The molecule has 1 heterocycles. The summed E-state index contributed by atoms with van der Waals surface area (Å²) in [5.74, 6) is 0. The molecule has 0 aliphatic carbocycles. The van der Waals surface area contributed by atoms with Crippen LogP contribution in [0.1, 0.15) is 0 Å². The average Bonchev–Trinajstić information content (AvgIpc) is 2.53. The minimum atomic E-state index is 0.530. The van der Waals surface area contributed by atoms with Crippen molar-refractivity contribution in [2.75, 3.05) is 5.73 Å². The Labute approximate surface area is 80.1 Å². The Morgan fingerprint density at radius 1 is 1.23 bits per heavy atom. The fourth-order valence-electron chi connectivity index (χ4n) is 1.07. The Bertz CT molecular complexity index is 408. The van der Waals surface area contributed by atoms with Crippen LogP contribution >= 0.6 is 11.6 Å². The Morgan fingerprint density at radius 2 is 1.92 bits per heavy atom. The van der Waals surface area contributed by atoms with E-state index in [0.717, 1.165) is 5.56 Å². The average molecular weight is 195 g/mol. The summed E-state index contributed by atoms with van der Waals surface area (Å²) in [6.45, 7) is 0. The van der Waals surface area contributed by atoms with Crippen molar-refractivity contribution in [3.8, 4) is 11.3 Å². The van der Waals surface area contributed by atoms with Gasteiger partial charge in [0.2, 0.25) is 0 Å². The van der Waals surface area contributed by atoms with Crippen LogP contribution in [0.3, 0.4) is 0 Å². The van der Waals surface area contributed by atoms with Gasteiger partial charge in [0.25, 0.3) is 0 Å². The van der Waals surface area contributed by atoms with Crippen molar-refractivity contribution < 1.29 is 4.52 Å². The summed E-state index contributed by atoms with van der Waals surface area (Å²) in [5, 5.41) is 4.46. The van der Waals surface area contributed by atoms with Crippen LogP contribution in [0.5, 0.6) is 0 Å². The standard InChI is InChI=1S/C9H7ClN2O/c10-7-3-1-6(2-4-7)9-8(11)5-13-12-9/h1-5H,11H2. The molecule has 0 saturated carbocycles. The van der Waals surface area contributed by atoms with Crippen LogP contribution in [0.4, 0.5) is 5.69 Å². The van der Waals surface area contributed by atoms with Crippen LogP contribution in [0.25, 0.3) is 11.3 Å². The molecule has 13 heavy (non-hydrogen) atoms. The van der Waals surface area contributed by atoms with Crippen LogP contribution in [0.15, 0.2) is 35.1 Å². The van der Waals surface area contributed by atoms with Gasteiger partial charge in [-0.15, -0.1) is 0 Å². The number of halogens is 1. The molecular weight excluding hydrogens is 188 g/mol. The molecule has 3 nitrogen and oxygen atoms in total. The third-order valence-corrected chi connectivity index (χ3v) is 1.97. The maximum atomic E-state index is 5.74. The molecule has 0 unspecified atom stereocenters. The van der Waals surface area contributed by atoms with Crippen molar-refractivity contribution >= 4 is 17.3 Å². The van der Waals surface area contributed by atoms with Crippen molar-refractivity contribution in [3.63, 3.8) is 0 Å². The van der Waals surface area contributed by atoms with E-state index < -0.39 is 0 Å². The molecule has 4 heteroatoms. The molecule has 0 aliphatic heterocycles. The van der Waals surface area contributed by atoms with Gasteiger partial charge in [0.05, 0.1) is 0 Å². The molecule has 2 aromatic rings. The highest BCUT2D eigenvalue weighted by Gasteiger charge is 2.05. The molecule has 0 atom stereocenters. The molecule has 1 aromatic carbocycles. The van der Waals surface area contributed by atoms with E-state index in [1.807, 2.05) is 12.1 Å². The minimum absolute atomic E-state index is 0.530. The summed E-state index contributed by atoms with van der Waals surface area (Å²) >= 11 is 5.74. The Balaban J connectivity index is 2.47. The third-order valence-electron chi connectivity index (χ3n) is 1.71. The molecule has 1 aromatic heterocycles. The number of aromatic nitrogens is 1. The van der Waals surface area contributed by atoms with Gasteiger partial charge in [-0.3, -0.25) is 0 Å². The van der Waals surface area contributed by atoms with Crippen molar-refractivity contribution in [3.05, 3.63) is 35.6 Å². The first-order chi connectivity index (χ1) is 6.27. The summed E-state index contributed by atoms with van der Waals surface area (Å²) in [4.78, 5) is 0. The number of anilines is 1. The van der Waals surface area contributed by atoms with E-state index in [4.69, 9.17) is 21.9 Å². The van der Waals surface area contributed by atoms with Crippen LogP contribution < -0.4 is 5.73 Å². The SMILES string of the molecule is Nc1conc1-c1ccc(Cl)cc1. The monoisotopic (exact) mass is 194 g/mol. The second kappa shape index (κ2) is 3.11. The van der Waals surface area contributed by atoms with Crippen molar-refractivity contribution in [2.45, 2.75) is 0 Å². The second-order valence-electron chi connectivity index (χ2n) is 2.63. The zero-order valence-corrected chi connectivity index (χ0v) is 7.45. The molecule has 0 spiro atoms. The summed E-state index contributed by atoms with van der Waals surface area (Å²) in [6, 6.07) is 7.25. The molecule has 0 radical (unpaired) electrons. The van der Waals surface area contributed by atoms with Crippen LogP contribution in [0.2, 0.25) is 5.02 Å². The smallest absolute Gasteiger partial charge is 0.147 e. The number of hydrogen-bond donors (Lipinski definition) is 1. The number of benzene rings is 1.